The van der Waals surface area contributed by atoms with Crippen LogP contribution in [-0.2, 0) is 4.79 Å². The van der Waals surface area contributed by atoms with Gasteiger partial charge in [-0.3, -0.25) is 4.79 Å². The van der Waals surface area contributed by atoms with Crippen molar-refractivity contribution < 1.29 is 9.90 Å². The maximum atomic E-state index is 11.2. The highest BCUT2D eigenvalue weighted by atomic mass is 35.5. The quantitative estimate of drug-likeness (QED) is 0.887. The van der Waals surface area contributed by atoms with Gasteiger partial charge in [0, 0.05) is 24.1 Å². The summed E-state index contributed by atoms with van der Waals surface area (Å²) >= 11 is 6.17. The van der Waals surface area contributed by atoms with E-state index in [0.717, 1.165) is 16.7 Å². The van der Waals surface area contributed by atoms with Crippen molar-refractivity contribution >= 4 is 17.5 Å². The molecule has 1 unspecified atom stereocenters. The second-order valence-electron chi connectivity index (χ2n) is 4.83. The lowest BCUT2D eigenvalue weighted by molar-refractivity contribution is -0.121. The summed E-state index contributed by atoms with van der Waals surface area (Å²) in [6.45, 7) is 0. The van der Waals surface area contributed by atoms with Crippen LogP contribution in [0.4, 0.5) is 0 Å². The highest BCUT2D eigenvalue weighted by Gasteiger charge is 2.10. The number of hydrogen-bond donors (Lipinski definition) is 2. The van der Waals surface area contributed by atoms with Gasteiger partial charge >= 0.3 is 0 Å². The molecule has 21 heavy (non-hydrogen) atoms. The highest BCUT2D eigenvalue weighted by molar-refractivity contribution is 6.33. The number of aliphatic hydroxyl groups excluding tert-OH is 1. The molecule has 0 heterocycles. The van der Waals surface area contributed by atoms with Crippen molar-refractivity contribution in [3.63, 3.8) is 0 Å². The first kappa shape index (κ1) is 15.5. The topological polar surface area (TPSA) is 49.3 Å². The predicted molar refractivity (Wildman–Crippen MR) is 85.1 cm³/mol. The van der Waals surface area contributed by atoms with Gasteiger partial charge in [0.25, 0.3) is 0 Å². The van der Waals surface area contributed by atoms with Gasteiger partial charge in [-0.2, -0.15) is 0 Å². The van der Waals surface area contributed by atoms with Gasteiger partial charge < -0.3 is 10.4 Å². The first-order valence-electron chi connectivity index (χ1n) is 6.85. The minimum absolute atomic E-state index is 0.0678. The predicted octanol–water partition coefficient (Wildman–Crippen LogP) is 3.57. The largest absolute Gasteiger partial charge is 0.388 e. The smallest absolute Gasteiger partial charge is 0.219 e. The van der Waals surface area contributed by atoms with Gasteiger partial charge in [0.05, 0.1) is 6.10 Å². The lowest BCUT2D eigenvalue weighted by Gasteiger charge is -2.11. The van der Waals surface area contributed by atoms with Gasteiger partial charge in [-0.15, -0.1) is 0 Å². The first-order chi connectivity index (χ1) is 10.1. The number of amides is 1. The Labute approximate surface area is 129 Å². The fourth-order valence-corrected chi connectivity index (χ4v) is 2.38. The Morgan fingerprint density at radius 1 is 1.19 bits per heavy atom. The molecule has 4 heteroatoms. The average molecular weight is 304 g/mol. The van der Waals surface area contributed by atoms with E-state index in [9.17, 15) is 9.90 Å². The zero-order chi connectivity index (χ0) is 15.2. The van der Waals surface area contributed by atoms with Crippen molar-refractivity contribution in [1.29, 1.82) is 0 Å². The summed E-state index contributed by atoms with van der Waals surface area (Å²) < 4.78 is 0. The molecule has 2 rings (SSSR count). The van der Waals surface area contributed by atoms with Crippen LogP contribution in [0.1, 0.15) is 24.5 Å². The third-order valence-electron chi connectivity index (χ3n) is 3.40. The van der Waals surface area contributed by atoms with Crippen LogP contribution in [0.5, 0.6) is 0 Å². The molecule has 0 aliphatic carbocycles. The van der Waals surface area contributed by atoms with E-state index in [4.69, 9.17) is 11.6 Å². The molecule has 0 aliphatic rings. The number of hydrogen-bond acceptors (Lipinski definition) is 2. The van der Waals surface area contributed by atoms with Crippen LogP contribution >= 0.6 is 11.6 Å². The third-order valence-corrected chi connectivity index (χ3v) is 3.73. The van der Waals surface area contributed by atoms with Crippen LogP contribution in [0.3, 0.4) is 0 Å². The Kier molecular flexibility index (Phi) is 5.37. The summed E-state index contributed by atoms with van der Waals surface area (Å²) in [6.07, 6.45) is 0.0808. The van der Waals surface area contributed by atoms with E-state index in [0.29, 0.717) is 17.9 Å². The molecule has 0 aliphatic heterocycles. The van der Waals surface area contributed by atoms with Crippen molar-refractivity contribution in [2.75, 3.05) is 7.05 Å². The normalized spacial score (nSPS) is 12.0. The Hall–Kier alpha value is -1.84. The molecule has 2 aromatic carbocycles. The molecule has 3 nitrogen and oxygen atoms in total. The molecule has 0 aromatic heterocycles. The Bertz CT molecular complexity index is 610. The molecule has 0 saturated heterocycles. The number of nitrogens with one attached hydrogen (secondary N) is 1. The minimum Gasteiger partial charge on any atom is -0.388 e. The van der Waals surface area contributed by atoms with E-state index in [2.05, 4.69) is 5.32 Å². The number of halogens is 1. The van der Waals surface area contributed by atoms with E-state index in [1.165, 1.54) is 0 Å². The van der Waals surface area contributed by atoms with Crippen LogP contribution in [0.15, 0.2) is 48.5 Å². The summed E-state index contributed by atoms with van der Waals surface area (Å²) in [7, 11) is 1.59. The van der Waals surface area contributed by atoms with Crippen molar-refractivity contribution in [3.05, 3.63) is 59.1 Å². The van der Waals surface area contributed by atoms with Gasteiger partial charge in [-0.05, 0) is 23.6 Å². The summed E-state index contributed by atoms with van der Waals surface area (Å²) in [5, 5.41) is 13.3. The fourth-order valence-electron chi connectivity index (χ4n) is 2.14. The van der Waals surface area contributed by atoms with Crippen LogP contribution in [-0.4, -0.2) is 18.1 Å². The monoisotopic (exact) mass is 303 g/mol. The maximum Gasteiger partial charge on any atom is 0.219 e. The zero-order valence-corrected chi connectivity index (χ0v) is 12.6. The van der Waals surface area contributed by atoms with Gasteiger partial charge in [0.15, 0.2) is 0 Å². The molecule has 0 saturated carbocycles. The standard InChI is InChI=1S/C17H18ClNO2/c1-19-17(21)11-10-16(20)13-8-6-12(7-9-13)14-4-2-3-5-15(14)18/h2-9,16,20H,10-11H2,1H3,(H,19,21). The van der Waals surface area contributed by atoms with Crippen molar-refractivity contribution in [2.24, 2.45) is 0 Å². The Morgan fingerprint density at radius 2 is 1.86 bits per heavy atom. The van der Waals surface area contributed by atoms with Crippen LogP contribution in [0.25, 0.3) is 11.1 Å². The Balaban J connectivity index is 2.08. The summed E-state index contributed by atoms with van der Waals surface area (Å²) in [6, 6.07) is 15.2. The summed E-state index contributed by atoms with van der Waals surface area (Å²) in [5.74, 6) is -0.0678. The van der Waals surface area contributed by atoms with Crippen LogP contribution in [0.2, 0.25) is 5.02 Å². The number of carbonyl (C=O) groups excluding carboxylic acids is 1. The van der Waals surface area contributed by atoms with Gasteiger partial charge in [-0.1, -0.05) is 54.1 Å². The molecule has 1 amide bonds. The molecular weight excluding hydrogens is 286 g/mol. The first-order valence-corrected chi connectivity index (χ1v) is 7.23. The molecule has 0 bridgehead atoms. The molecule has 1 atom stereocenters. The van der Waals surface area contributed by atoms with Crippen molar-refractivity contribution in [1.82, 2.24) is 5.32 Å². The molecule has 2 aromatic rings. The van der Waals surface area contributed by atoms with Crippen LogP contribution in [0, 0.1) is 0 Å². The number of rotatable bonds is 5. The minimum atomic E-state index is -0.636. The third kappa shape index (κ3) is 4.06. The van der Waals surface area contributed by atoms with E-state index in [-0.39, 0.29) is 5.91 Å². The second-order valence-corrected chi connectivity index (χ2v) is 5.24. The van der Waals surface area contributed by atoms with Crippen molar-refractivity contribution in [3.8, 4) is 11.1 Å². The fraction of sp³-hybridized carbons (Fsp3) is 0.235. The number of benzene rings is 2. The summed E-state index contributed by atoms with van der Waals surface area (Å²) in [5.41, 5.74) is 2.77. The van der Waals surface area contributed by atoms with E-state index in [1.807, 2.05) is 48.5 Å². The molecular formula is C17H18ClNO2. The number of aliphatic hydroxyl groups is 1. The van der Waals surface area contributed by atoms with Gasteiger partial charge in [0.2, 0.25) is 5.91 Å². The van der Waals surface area contributed by atoms with Gasteiger partial charge in [-0.25, -0.2) is 0 Å². The SMILES string of the molecule is CNC(=O)CCC(O)c1ccc(-c2ccccc2Cl)cc1. The summed E-state index contributed by atoms with van der Waals surface area (Å²) in [4.78, 5) is 11.2. The number of carbonyl (C=O) groups is 1. The zero-order valence-electron chi connectivity index (χ0n) is 11.8. The lowest BCUT2D eigenvalue weighted by Crippen LogP contribution is -2.18. The van der Waals surface area contributed by atoms with Crippen LogP contribution < -0.4 is 5.32 Å². The second kappa shape index (κ2) is 7.25. The van der Waals surface area contributed by atoms with Gasteiger partial charge in [0.1, 0.15) is 0 Å². The highest BCUT2D eigenvalue weighted by Crippen LogP contribution is 2.29. The Morgan fingerprint density at radius 3 is 2.48 bits per heavy atom. The lowest BCUT2D eigenvalue weighted by atomic mass is 10.00. The molecule has 0 spiro atoms. The average Bonchev–Trinajstić information content (AvgIpc) is 2.53. The molecule has 0 radical (unpaired) electrons. The van der Waals surface area contributed by atoms with E-state index in [1.54, 1.807) is 7.05 Å². The van der Waals surface area contributed by atoms with E-state index >= 15 is 0 Å². The molecule has 2 N–H and O–H groups in total. The maximum absolute atomic E-state index is 11.2. The van der Waals surface area contributed by atoms with Crippen molar-refractivity contribution in [2.45, 2.75) is 18.9 Å². The molecule has 0 fully saturated rings. The van der Waals surface area contributed by atoms with E-state index < -0.39 is 6.10 Å². The molecule has 110 valence electrons.